The van der Waals surface area contributed by atoms with Crippen LogP contribution in [0.3, 0.4) is 0 Å². The Hall–Kier alpha value is -1.35. The van der Waals surface area contributed by atoms with Crippen LogP contribution >= 0.6 is 11.6 Å². The molecule has 0 bridgehead atoms. The predicted molar refractivity (Wildman–Crippen MR) is 60.7 cm³/mol. The molecular formula is C11H12ClN3. The second kappa shape index (κ2) is 4.03. The Morgan fingerprint density at radius 2 is 2.20 bits per heavy atom. The van der Waals surface area contributed by atoms with Crippen molar-refractivity contribution >= 4 is 11.6 Å². The molecule has 3 nitrogen and oxygen atoms in total. The first-order valence-corrected chi connectivity index (χ1v) is 5.25. The molecule has 0 spiro atoms. The van der Waals surface area contributed by atoms with Crippen molar-refractivity contribution < 1.29 is 0 Å². The van der Waals surface area contributed by atoms with E-state index < -0.39 is 0 Å². The number of hydrogen-bond acceptors (Lipinski definition) is 2. The summed E-state index contributed by atoms with van der Waals surface area (Å²) in [4.78, 5) is 4.36. The van der Waals surface area contributed by atoms with Crippen molar-refractivity contribution in [1.82, 2.24) is 14.8 Å². The molecule has 0 saturated heterocycles. The molecule has 2 aromatic rings. The number of rotatable bonds is 2. The minimum Gasteiger partial charge on any atom is -0.275 e. The van der Waals surface area contributed by atoms with Gasteiger partial charge in [0.2, 0.25) is 0 Å². The molecular weight excluding hydrogens is 210 g/mol. The minimum absolute atomic E-state index is 0.499. The molecule has 4 heteroatoms. The Balaban J connectivity index is 2.41. The fraction of sp³-hybridized carbons (Fsp3) is 0.273. The van der Waals surface area contributed by atoms with Gasteiger partial charge in [-0.15, -0.1) is 11.6 Å². The zero-order chi connectivity index (χ0) is 10.8. The van der Waals surface area contributed by atoms with Crippen molar-refractivity contribution in [2.24, 2.45) is 7.05 Å². The molecule has 0 radical (unpaired) electrons. The van der Waals surface area contributed by atoms with Gasteiger partial charge >= 0.3 is 0 Å². The Kier molecular flexibility index (Phi) is 2.73. The summed E-state index contributed by atoms with van der Waals surface area (Å²) in [5.74, 6) is 0.499. The highest BCUT2D eigenvalue weighted by atomic mass is 35.5. The first-order valence-electron chi connectivity index (χ1n) is 4.72. The topological polar surface area (TPSA) is 30.7 Å². The van der Waals surface area contributed by atoms with E-state index in [4.69, 9.17) is 11.6 Å². The quantitative estimate of drug-likeness (QED) is 0.730. The number of alkyl halides is 1. The average molecular weight is 222 g/mol. The molecule has 0 aromatic carbocycles. The summed E-state index contributed by atoms with van der Waals surface area (Å²) in [6.07, 6.45) is 3.77. The van der Waals surface area contributed by atoms with Crippen LogP contribution in [-0.4, -0.2) is 14.8 Å². The second-order valence-corrected chi connectivity index (χ2v) is 3.75. The Morgan fingerprint density at radius 3 is 2.67 bits per heavy atom. The highest BCUT2D eigenvalue weighted by molar-refractivity contribution is 6.17. The molecule has 2 heterocycles. The van der Waals surface area contributed by atoms with E-state index >= 15 is 0 Å². The normalized spacial score (nSPS) is 10.6. The standard InChI is InChI=1S/C11H12ClN3/c1-8-10(7-15(2)14-8)11-4-3-9(5-12)6-13-11/h3-4,6-7H,5H2,1-2H3. The lowest BCUT2D eigenvalue weighted by atomic mass is 10.1. The first-order chi connectivity index (χ1) is 7.20. The lowest BCUT2D eigenvalue weighted by Crippen LogP contribution is -1.86. The molecule has 0 atom stereocenters. The summed E-state index contributed by atoms with van der Waals surface area (Å²) in [5.41, 5.74) is 4.03. The van der Waals surface area contributed by atoms with E-state index in [9.17, 15) is 0 Å². The highest BCUT2D eigenvalue weighted by Gasteiger charge is 2.06. The number of nitrogens with zero attached hydrogens (tertiary/aromatic N) is 3. The van der Waals surface area contributed by atoms with Crippen LogP contribution < -0.4 is 0 Å². The summed E-state index contributed by atoms with van der Waals surface area (Å²) >= 11 is 5.70. The highest BCUT2D eigenvalue weighted by Crippen LogP contribution is 2.20. The Labute approximate surface area is 93.7 Å². The van der Waals surface area contributed by atoms with Gasteiger partial charge in [0.15, 0.2) is 0 Å². The molecule has 0 saturated carbocycles. The van der Waals surface area contributed by atoms with Gasteiger partial charge in [0.05, 0.1) is 11.4 Å². The van der Waals surface area contributed by atoms with Crippen molar-refractivity contribution in [3.63, 3.8) is 0 Å². The maximum absolute atomic E-state index is 5.70. The molecule has 0 N–H and O–H groups in total. The van der Waals surface area contributed by atoms with Crippen LogP contribution in [0.1, 0.15) is 11.3 Å². The van der Waals surface area contributed by atoms with Gasteiger partial charge in [0.1, 0.15) is 0 Å². The van der Waals surface area contributed by atoms with Gasteiger partial charge in [-0.2, -0.15) is 5.10 Å². The van der Waals surface area contributed by atoms with Crippen molar-refractivity contribution in [3.8, 4) is 11.3 Å². The van der Waals surface area contributed by atoms with Gasteiger partial charge in [0, 0.05) is 30.9 Å². The molecule has 0 aliphatic heterocycles. The van der Waals surface area contributed by atoms with Crippen LogP contribution in [0.25, 0.3) is 11.3 Å². The van der Waals surface area contributed by atoms with Gasteiger partial charge in [-0.1, -0.05) is 6.07 Å². The maximum atomic E-state index is 5.70. The molecule has 0 aliphatic carbocycles. The van der Waals surface area contributed by atoms with Crippen LogP contribution in [0.5, 0.6) is 0 Å². The average Bonchev–Trinajstić information content (AvgIpc) is 2.58. The van der Waals surface area contributed by atoms with Crippen molar-refractivity contribution in [1.29, 1.82) is 0 Å². The van der Waals surface area contributed by atoms with Gasteiger partial charge in [0.25, 0.3) is 0 Å². The number of aromatic nitrogens is 3. The summed E-state index contributed by atoms with van der Waals surface area (Å²) in [5, 5.41) is 4.28. The van der Waals surface area contributed by atoms with E-state index in [-0.39, 0.29) is 0 Å². The lowest BCUT2D eigenvalue weighted by molar-refractivity contribution is 0.756. The van der Waals surface area contributed by atoms with E-state index in [0.29, 0.717) is 5.88 Å². The van der Waals surface area contributed by atoms with Crippen LogP contribution in [-0.2, 0) is 12.9 Å². The summed E-state index contributed by atoms with van der Waals surface area (Å²) < 4.78 is 1.79. The molecule has 0 amide bonds. The van der Waals surface area contributed by atoms with Crippen LogP contribution in [0, 0.1) is 6.92 Å². The van der Waals surface area contributed by atoms with Crippen molar-refractivity contribution in [2.75, 3.05) is 0 Å². The molecule has 0 unspecified atom stereocenters. The zero-order valence-electron chi connectivity index (χ0n) is 8.74. The summed E-state index contributed by atoms with van der Waals surface area (Å²) in [6, 6.07) is 3.96. The zero-order valence-corrected chi connectivity index (χ0v) is 9.49. The first kappa shape index (κ1) is 10.2. The molecule has 2 rings (SSSR count). The van der Waals surface area contributed by atoms with E-state index in [2.05, 4.69) is 10.1 Å². The fourth-order valence-electron chi connectivity index (χ4n) is 1.51. The van der Waals surface area contributed by atoms with Gasteiger partial charge in [-0.25, -0.2) is 0 Å². The number of halogens is 1. The summed E-state index contributed by atoms with van der Waals surface area (Å²) in [6.45, 7) is 1.98. The van der Waals surface area contributed by atoms with Gasteiger partial charge in [-0.05, 0) is 18.6 Å². The molecule has 2 aromatic heterocycles. The van der Waals surface area contributed by atoms with Gasteiger partial charge in [-0.3, -0.25) is 9.67 Å². The molecule has 78 valence electrons. The Morgan fingerprint density at radius 1 is 1.40 bits per heavy atom. The predicted octanol–water partition coefficient (Wildman–Crippen LogP) is 2.53. The third-order valence-corrected chi connectivity index (χ3v) is 2.58. The van der Waals surface area contributed by atoms with Crippen LogP contribution in [0.4, 0.5) is 0 Å². The number of aryl methyl sites for hydroxylation is 2. The van der Waals surface area contributed by atoms with Crippen LogP contribution in [0.2, 0.25) is 0 Å². The smallest absolute Gasteiger partial charge is 0.0736 e. The number of pyridine rings is 1. The van der Waals surface area contributed by atoms with Crippen LogP contribution in [0.15, 0.2) is 24.5 Å². The summed E-state index contributed by atoms with van der Waals surface area (Å²) in [7, 11) is 1.91. The third-order valence-electron chi connectivity index (χ3n) is 2.27. The largest absolute Gasteiger partial charge is 0.275 e. The fourth-order valence-corrected chi connectivity index (χ4v) is 1.67. The van der Waals surface area contributed by atoms with E-state index in [1.807, 2.05) is 32.3 Å². The Bertz CT molecular complexity index is 459. The third kappa shape index (κ3) is 2.02. The van der Waals surface area contributed by atoms with E-state index in [1.165, 1.54) is 0 Å². The molecule has 0 aliphatic rings. The van der Waals surface area contributed by atoms with E-state index in [0.717, 1.165) is 22.5 Å². The monoisotopic (exact) mass is 221 g/mol. The van der Waals surface area contributed by atoms with Gasteiger partial charge < -0.3 is 0 Å². The van der Waals surface area contributed by atoms with Crippen molar-refractivity contribution in [3.05, 3.63) is 35.8 Å². The molecule has 0 fully saturated rings. The SMILES string of the molecule is Cc1nn(C)cc1-c1ccc(CCl)cn1. The number of hydrogen-bond donors (Lipinski definition) is 0. The maximum Gasteiger partial charge on any atom is 0.0736 e. The minimum atomic E-state index is 0.499. The molecule has 15 heavy (non-hydrogen) atoms. The van der Waals surface area contributed by atoms with E-state index in [1.54, 1.807) is 10.9 Å². The van der Waals surface area contributed by atoms with Crippen molar-refractivity contribution in [2.45, 2.75) is 12.8 Å². The second-order valence-electron chi connectivity index (χ2n) is 3.49. The lowest BCUT2D eigenvalue weighted by Gasteiger charge is -1.99.